The van der Waals surface area contributed by atoms with E-state index in [0.717, 1.165) is 11.8 Å². The van der Waals surface area contributed by atoms with E-state index in [0.29, 0.717) is 24.7 Å². The maximum atomic E-state index is 12.5. The van der Waals surface area contributed by atoms with E-state index in [1.165, 1.54) is 37.5 Å². The summed E-state index contributed by atoms with van der Waals surface area (Å²) in [6, 6.07) is 4.25. The number of thioether (sulfide) groups is 1. The summed E-state index contributed by atoms with van der Waals surface area (Å²) in [4.78, 5) is 30.5. The first-order valence-electron chi connectivity index (χ1n) is 7.76. The topological polar surface area (TPSA) is 125 Å². The Balaban J connectivity index is 1.72. The van der Waals surface area contributed by atoms with Gasteiger partial charge in [-0.05, 0) is 12.1 Å². The smallest absolute Gasteiger partial charge is 0.264 e. The monoisotopic (exact) mass is 409 g/mol. The third-order valence-corrected chi connectivity index (χ3v) is 5.57. The van der Waals surface area contributed by atoms with Crippen LogP contribution in [0.15, 0.2) is 35.5 Å². The van der Waals surface area contributed by atoms with E-state index in [1.807, 2.05) is 0 Å². The van der Waals surface area contributed by atoms with Crippen molar-refractivity contribution in [3.05, 3.63) is 36.2 Å². The lowest BCUT2D eigenvalue weighted by molar-refractivity contribution is -0.109. The van der Waals surface area contributed by atoms with Crippen molar-refractivity contribution in [2.24, 2.45) is 0 Å². The number of sulfonamides is 1. The minimum absolute atomic E-state index is 0.0268. The summed E-state index contributed by atoms with van der Waals surface area (Å²) in [5.74, 6) is 0.287. The molecule has 1 aromatic carbocycles. The summed E-state index contributed by atoms with van der Waals surface area (Å²) in [7, 11) is -3.95. The summed E-state index contributed by atoms with van der Waals surface area (Å²) in [6.45, 7) is 2.11. The molecule has 0 saturated carbocycles. The molecule has 0 spiro atoms. The van der Waals surface area contributed by atoms with Crippen molar-refractivity contribution in [2.75, 3.05) is 23.7 Å². The van der Waals surface area contributed by atoms with Crippen LogP contribution in [0, 0.1) is 0 Å². The van der Waals surface area contributed by atoms with Gasteiger partial charge < -0.3 is 9.47 Å². The van der Waals surface area contributed by atoms with Crippen LogP contribution < -0.4 is 14.2 Å². The van der Waals surface area contributed by atoms with Gasteiger partial charge in [0.2, 0.25) is 5.95 Å². The molecule has 27 heavy (non-hydrogen) atoms. The molecular weight excluding hydrogens is 394 g/mol. The van der Waals surface area contributed by atoms with Crippen molar-refractivity contribution in [3.63, 3.8) is 0 Å². The average Bonchev–Trinajstić information content (AvgIpc) is 2.66. The normalized spacial score (nSPS) is 13.1. The number of carbonyl (C=O) groups excluding carboxylic acids is 2. The number of rotatable bonds is 6. The Morgan fingerprint density at radius 2 is 1.81 bits per heavy atom. The van der Waals surface area contributed by atoms with Gasteiger partial charge in [-0.25, -0.2) is 23.1 Å². The molecule has 142 valence electrons. The number of fused-ring (bicyclic) bond motifs is 1. The summed E-state index contributed by atoms with van der Waals surface area (Å²) < 4.78 is 38.0. The van der Waals surface area contributed by atoms with Crippen LogP contribution in [0.5, 0.6) is 11.5 Å². The summed E-state index contributed by atoms with van der Waals surface area (Å²) in [6.07, 6.45) is 2.41. The van der Waals surface area contributed by atoms with Gasteiger partial charge in [0.15, 0.2) is 22.4 Å². The number of carbonyl (C=O) groups is 2. The standard InChI is InChI=1S/C16H15N3O6S2/c1-10(20)26-9-13(21)11-7-17-16(18-8-11)19-27(22,23)12-2-3-14-15(6-12)25-5-4-24-14/h2-3,6-8H,4-5,9H2,1H3,(H,17,18,19). The zero-order valence-corrected chi connectivity index (χ0v) is 15.8. The van der Waals surface area contributed by atoms with Crippen LogP contribution in [0.3, 0.4) is 0 Å². The Hall–Kier alpha value is -2.66. The molecule has 1 aliphatic rings. The molecule has 2 aromatic rings. The Morgan fingerprint density at radius 1 is 1.15 bits per heavy atom. The summed E-state index contributed by atoms with van der Waals surface area (Å²) in [5, 5.41) is -0.173. The van der Waals surface area contributed by atoms with Crippen LogP contribution in [0.2, 0.25) is 0 Å². The van der Waals surface area contributed by atoms with Gasteiger partial charge in [0.25, 0.3) is 10.0 Å². The Kier molecular flexibility index (Phi) is 5.61. The second-order valence-corrected chi connectivity index (χ2v) is 8.24. The van der Waals surface area contributed by atoms with E-state index in [1.54, 1.807) is 0 Å². The number of nitrogens with zero attached hydrogens (tertiary/aromatic N) is 2. The van der Waals surface area contributed by atoms with Crippen molar-refractivity contribution in [3.8, 4) is 11.5 Å². The quantitative estimate of drug-likeness (QED) is 0.707. The maximum Gasteiger partial charge on any atom is 0.264 e. The Morgan fingerprint density at radius 3 is 2.48 bits per heavy atom. The second-order valence-electron chi connectivity index (χ2n) is 5.41. The van der Waals surface area contributed by atoms with E-state index in [4.69, 9.17) is 9.47 Å². The molecule has 1 aliphatic heterocycles. The molecular formula is C16H15N3O6S2. The summed E-state index contributed by atoms with van der Waals surface area (Å²) >= 11 is 0.879. The van der Waals surface area contributed by atoms with Gasteiger partial charge in [-0.15, -0.1) is 0 Å². The van der Waals surface area contributed by atoms with Crippen LogP contribution in [0.4, 0.5) is 5.95 Å². The lowest BCUT2D eigenvalue weighted by atomic mass is 10.2. The zero-order chi connectivity index (χ0) is 19.4. The molecule has 0 radical (unpaired) electrons. The van der Waals surface area contributed by atoms with Gasteiger partial charge in [0, 0.05) is 25.4 Å². The van der Waals surface area contributed by atoms with E-state index in [9.17, 15) is 18.0 Å². The highest BCUT2D eigenvalue weighted by Crippen LogP contribution is 2.32. The lowest BCUT2D eigenvalue weighted by Crippen LogP contribution is -2.18. The van der Waals surface area contributed by atoms with E-state index >= 15 is 0 Å². The molecule has 1 aromatic heterocycles. The number of anilines is 1. The summed E-state index contributed by atoms with van der Waals surface area (Å²) in [5.41, 5.74) is 0.186. The molecule has 0 fully saturated rings. The van der Waals surface area contributed by atoms with Crippen molar-refractivity contribution in [2.45, 2.75) is 11.8 Å². The van der Waals surface area contributed by atoms with E-state index in [-0.39, 0.29) is 33.1 Å². The highest BCUT2D eigenvalue weighted by atomic mass is 32.2. The highest BCUT2D eigenvalue weighted by molar-refractivity contribution is 8.14. The van der Waals surface area contributed by atoms with Crippen molar-refractivity contribution < 1.29 is 27.5 Å². The number of aromatic nitrogens is 2. The molecule has 0 aliphatic carbocycles. The molecule has 0 bridgehead atoms. The van der Waals surface area contributed by atoms with Crippen LogP contribution in [-0.4, -0.2) is 48.3 Å². The third kappa shape index (κ3) is 4.74. The number of nitrogens with one attached hydrogen (secondary N) is 1. The molecule has 0 unspecified atom stereocenters. The molecule has 0 saturated heterocycles. The van der Waals surface area contributed by atoms with Crippen LogP contribution in [0.1, 0.15) is 17.3 Å². The number of hydrogen-bond donors (Lipinski definition) is 1. The number of benzene rings is 1. The Bertz CT molecular complexity index is 976. The van der Waals surface area contributed by atoms with Gasteiger partial charge in [-0.3, -0.25) is 9.59 Å². The first-order valence-corrected chi connectivity index (χ1v) is 10.2. The molecule has 9 nitrogen and oxygen atoms in total. The SMILES string of the molecule is CC(=O)SCC(=O)c1cnc(NS(=O)(=O)c2ccc3c(c2)OCCO3)nc1. The predicted molar refractivity (Wildman–Crippen MR) is 97.7 cm³/mol. The van der Waals surface area contributed by atoms with Crippen LogP contribution in [-0.2, 0) is 14.8 Å². The second kappa shape index (κ2) is 7.92. The van der Waals surface area contributed by atoms with Crippen molar-refractivity contribution in [1.82, 2.24) is 9.97 Å². The molecule has 1 N–H and O–H groups in total. The van der Waals surface area contributed by atoms with Gasteiger partial charge in [0.1, 0.15) is 13.2 Å². The minimum atomic E-state index is -3.95. The molecule has 2 heterocycles. The molecule has 3 rings (SSSR count). The minimum Gasteiger partial charge on any atom is -0.486 e. The number of Topliss-reactive ketones (excluding diaryl/α,β-unsaturated/α-hetero) is 1. The fraction of sp³-hybridized carbons (Fsp3) is 0.250. The number of ether oxygens (including phenoxy) is 2. The van der Waals surface area contributed by atoms with Gasteiger partial charge in [-0.1, -0.05) is 11.8 Å². The number of hydrogen-bond acceptors (Lipinski definition) is 9. The fourth-order valence-corrected chi connectivity index (χ4v) is 3.62. The Labute approximate surface area is 159 Å². The molecule has 11 heteroatoms. The first-order chi connectivity index (χ1) is 12.8. The van der Waals surface area contributed by atoms with E-state index in [2.05, 4.69) is 14.7 Å². The average molecular weight is 409 g/mol. The van der Waals surface area contributed by atoms with Gasteiger partial charge in [-0.2, -0.15) is 0 Å². The van der Waals surface area contributed by atoms with Gasteiger partial charge in [0.05, 0.1) is 16.2 Å². The van der Waals surface area contributed by atoms with Crippen LogP contribution >= 0.6 is 11.8 Å². The maximum absolute atomic E-state index is 12.5. The predicted octanol–water partition coefficient (Wildman–Crippen LogP) is 1.51. The highest BCUT2D eigenvalue weighted by Gasteiger charge is 2.20. The largest absolute Gasteiger partial charge is 0.486 e. The van der Waals surface area contributed by atoms with Crippen molar-refractivity contribution >= 4 is 38.6 Å². The number of ketones is 1. The first kappa shape index (κ1) is 19.1. The third-order valence-electron chi connectivity index (χ3n) is 3.43. The van der Waals surface area contributed by atoms with Gasteiger partial charge >= 0.3 is 0 Å². The van der Waals surface area contributed by atoms with E-state index < -0.39 is 10.0 Å². The van der Waals surface area contributed by atoms with Crippen LogP contribution in [0.25, 0.3) is 0 Å². The molecule has 0 atom stereocenters. The van der Waals surface area contributed by atoms with Crippen molar-refractivity contribution in [1.29, 1.82) is 0 Å². The molecule has 0 amide bonds. The fourth-order valence-electron chi connectivity index (χ4n) is 2.15. The lowest BCUT2D eigenvalue weighted by Gasteiger charge is -2.18. The zero-order valence-electron chi connectivity index (χ0n) is 14.2.